The topological polar surface area (TPSA) is 70.1 Å². The molecule has 5 heteroatoms. The summed E-state index contributed by atoms with van der Waals surface area (Å²) < 4.78 is 0. The van der Waals surface area contributed by atoms with E-state index in [-0.39, 0.29) is 12.0 Å². The van der Waals surface area contributed by atoms with Gasteiger partial charge in [-0.15, -0.1) is 0 Å². The molecule has 0 amide bonds. The van der Waals surface area contributed by atoms with E-state index in [1.54, 1.807) is 0 Å². The Bertz CT molecular complexity index is 416. The highest BCUT2D eigenvalue weighted by molar-refractivity contribution is 5.46. The van der Waals surface area contributed by atoms with Crippen LogP contribution in [0.1, 0.15) is 38.2 Å². The van der Waals surface area contributed by atoms with Crippen LogP contribution in [0.25, 0.3) is 0 Å². The van der Waals surface area contributed by atoms with E-state index in [2.05, 4.69) is 20.6 Å². The van der Waals surface area contributed by atoms with Gasteiger partial charge in [0, 0.05) is 30.3 Å². The molecule has 0 atom stereocenters. The minimum Gasteiger partial charge on any atom is -0.396 e. The molecule has 1 saturated carbocycles. The summed E-state index contributed by atoms with van der Waals surface area (Å²) in [4.78, 5) is 8.71. The number of rotatable bonds is 6. The van der Waals surface area contributed by atoms with E-state index >= 15 is 0 Å². The van der Waals surface area contributed by atoms with Gasteiger partial charge in [0.25, 0.3) is 0 Å². The lowest BCUT2D eigenvalue weighted by Gasteiger charge is -2.27. The zero-order valence-electron chi connectivity index (χ0n) is 11.9. The second-order valence-electron chi connectivity index (χ2n) is 5.47. The lowest BCUT2D eigenvalue weighted by molar-refractivity contribution is 0.142. The molecular weight excluding hydrogens is 240 g/mol. The van der Waals surface area contributed by atoms with Gasteiger partial charge in [-0.25, -0.2) is 4.98 Å². The Morgan fingerprint density at radius 2 is 2.05 bits per heavy atom. The van der Waals surface area contributed by atoms with Crippen LogP contribution >= 0.6 is 0 Å². The zero-order valence-corrected chi connectivity index (χ0v) is 11.9. The first-order chi connectivity index (χ1) is 9.19. The van der Waals surface area contributed by atoms with Crippen LogP contribution in [0.5, 0.6) is 0 Å². The fourth-order valence-corrected chi connectivity index (χ4v) is 2.65. The number of hydrogen-bond donors (Lipinski definition) is 3. The molecule has 0 aliphatic heterocycles. The van der Waals surface area contributed by atoms with Gasteiger partial charge in [0.15, 0.2) is 0 Å². The number of anilines is 2. The number of aliphatic hydroxyl groups excluding tert-OH is 1. The maximum Gasteiger partial charge on any atom is 0.224 e. The summed E-state index contributed by atoms with van der Waals surface area (Å²) >= 11 is 0. The largest absolute Gasteiger partial charge is 0.396 e. The smallest absolute Gasteiger partial charge is 0.224 e. The molecule has 19 heavy (non-hydrogen) atoms. The Hall–Kier alpha value is -1.36. The quantitative estimate of drug-likeness (QED) is 0.734. The number of aliphatic hydroxyl groups is 1. The molecule has 0 unspecified atom stereocenters. The van der Waals surface area contributed by atoms with E-state index in [4.69, 9.17) is 0 Å². The van der Waals surface area contributed by atoms with Crippen LogP contribution in [0.15, 0.2) is 6.20 Å². The second kappa shape index (κ2) is 6.19. The molecule has 5 nitrogen and oxygen atoms in total. The fraction of sp³-hybridized carbons (Fsp3) is 0.714. The summed E-state index contributed by atoms with van der Waals surface area (Å²) in [6.45, 7) is 5.87. The molecule has 3 N–H and O–H groups in total. The van der Waals surface area contributed by atoms with Crippen molar-refractivity contribution in [2.45, 2.75) is 39.5 Å². The molecule has 1 aliphatic carbocycles. The normalized spacial score (nSPS) is 17.4. The van der Waals surface area contributed by atoms with Crippen molar-refractivity contribution in [3.8, 4) is 0 Å². The Morgan fingerprint density at radius 1 is 1.32 bits per heavy atom. The van der Waals surface area contributed by atoms with E-state index in [1.165, 1.54) is 12.8 Å². The first-order valence-electron chi connectivity index (χ1n) is 7.11. The molecule has 2 rings (SSSR count). The Balaban J connectivity index is 2.03. The highest BCUT2D eigenvalue weighted by Gasteiger charge is 2.33. The highest BCUT2D eigenvalue weighted by atomic mass is 16.3. The van der Waals surface area contributed by atoms with Gasteiger partial charge >= 0.3 is 0 Å². The molecule has 0 saturated heterocycles. The standard InChI is InChI=1S/C14H24N4O/c1-3-15-13-16-8-11(2)12(18-13)17-9-14(10-19)6-4-5-7-14/h8,19H,3-7,9-10H2,1-2H3,(H2,15,16,17,18). The summed E-state index contributed by atoms with van der Waals surface area (Å²) in [6, 6.07) is 0. The number of hydrogen-bond acceptors (Lipinski definition) is 5. The number of aromatic nitrogens is 2. The molecule has 0 radical (unpaired) electrons. The molecule has 1 aromatic rings. The first kappa shape index (κ1) is 14.1. The fourth-order valence-electron chi connectivity index (χ4n) is 2.65. The third kappa shape index (κ3) is 3.35. The van der Waals surface area contributed by atoms with Gasteiger partial charge in [-0.05, 0) is 26.7 Å². The summed E-state index contributed by atoms with van der Waals surface area (Å²) in [7, 11) is 0. The van der Waals surface area contributed by atoms with Crippen LogP contribution in [-0.2, 0) is 0 Å². The lowest BCUT2D eigenvalue weighted by atomic mass is 9.87. The molecular formula is C14H24N4O. The monoisotopic (exact) mass is 264 g/mol. The summed E-state index contributed by atoms with van der Waals surface area (Å²) in [5.41, 5.74) is 1.07. The van der Waals surface area contributed by atoms with E-state index < -0.39 is 0 Å². The average molecular weight is 264 g/mol. The van der Waals surface area contributed by atoms with Crippen molar-refractivity contribution in [2.75, 3.05) is 30.3 Å². The van der Waals surface area contributed by atoms with Crippen LogP contribution in [-0.4, -0.2) is 34.8 Å². The first-order valence-corrected chi connectivity index (χ1v) is 7.11. The van der Waals surface area contributed by atoms with Crippen LogP contribution in [0.3, 0.4) is 0 Å². The molecule has 0 bridgehead atoms. The third-order valence-electron chi connectivity index (χ3n) is 3.94. The SMILES string of the molecule is CCNc1ncc(C)c(NCC2(CO)CCCC2)n1. The van der Waals surface area contributed by atoms with Crippen molar-refractivity contribution >= 4 is 11.8 Å². The van der Waals surface area contributed by atoms with Gasteiger partial charge in [-0.3, -0.25) is 0 Å². The third-order valence-corrected chi connectivity index (χ3v) is 3.94. The predicted octanol–water partition coefficient (Wildman–Crippen LogP) is 2.18. The minimum atomic E-state index is 0.0374. The number of nitrogens with one attached hydrogen (secondary N) is 2. The Kier molecular flexibility index (Phi) is 4.58. The van der Waals surface area contributed by atoms with E-state index in [1.807, 2.05) is 20.0 Å². The van der Waals surface area contributed by atoms with Crippen molar-refractivity contribution in [1.82, 2.24) is 9.97 Å². The van der Waals surface area contributed by atoms with Crippen LogP contribution in [0.2, 0.25) is 0 Å². The number of aryl methyl sites for hydroxylation is 1. The lowest BCUT2D eigenvalue weighted by Crippen LogP contribution is -2.31. The molecule has 0 spiro atoms. The molecule has 1 aromatic heterocycles. The van der Waals surface area contributed by atoms with Crippen LogP contribution in [0, 0.1) is 12.3 Å². The van der Waals surface area contributed by atoms with Crippen molar-refractivity contribution in [2.24, 2.45) is 5.41 Å². The van der Waals surface area contributed by atoms with Gasteiger partial charge in [0.2, 0.25) is 5.95 Å². The van der Waals surface area contributed by atoms with Crippen molar-refractivity contribution in [3.63, 3.8) is 0 Å². The summed E-state index contributed by atoms with van der Waals surface area (Å²) in [5, 5.41) is 16.1. The molecule has 1 aliphatic rings. The Morgan fingerprint density at radius 3 is 2.68 bits per heavy atom. The highest BCUT2D eigenvalue weighted by Crippen LogP contribution is 2.37. The van der Waals surface area contributed by atoms with Crippen molar-refractivity contribution in [1.29, 1.82) is 0 Å². The van der Waals surface area contributed by atoms with Crippen molar-refractivity contribution < 1.29 is 5.11 Å². The average Bonchev–Trinajstić information content (AvgIpc) is 2.89. The summed E-state index contributed by atoms with van der Waals surface area (Å²) in [6.07, 6.45) is 6.45. The molecule has 1 fully saturated rings. The van der Waals surface area contributed by atoms with E-state index in [0.717, 1.165) is 37.3 Å². The van der Waals surface area contributed by atoms with Crippen LogP contribution < -0.4 is 10.6 Å². The van der Waals surface area contributed by atoms with Gasteiger partial charge in [-0.1, -0.05) is 12.8 Å². The predicted molar refractivity (Wildman–Crippen MR) is 77.4 cm³/mol. The zero-order chi connectivity index (χ0) is 13.7. The molecule has 0 aromatic carbocycles. The van der Waals surface area contributed by atoms with E-state index in [9.17, 15) is 5.11 Å². The van der Waals surface area contributed by atoms with Crippen molar-refractivity contribution in [3.05, 3.63) is 11.8 Å². The maximum absolute atomic E-state index is 9.62. The van der Waals surface area contributed by atoms with Gasteiger partial charge in [-0.2, -0.15) is 4.98 Å². The van der Waals surface area contributed by atoms with Gasteiger partial charge in [0.05, 0.1) is 6.61 Å². The van der Waals surface area contributed by atoms with Crippen LogP contribution in [0.4, 0.5) is 11.8 Å². The minimum absolute atomic E-state index is 0.0374. The second-order valence-corrected chi connectivity index (χ2v) is 5.47. The maximum atomic E-state index is 9.62. The Labute approximate surface area is 114 Å². The molecule has 106 valence electrons. The molecule has 1 heterocycles. The van der Waals surface area contributed by atoms with Gasteiger partial charge in [0.1, 0.15) is 5.82 Å². The number of nitrogens with zero attached hydrogens (tertiary/aromatic N) is 2. The van der Waals surface area contributed by atoms with E-state index in [0.29, 0.717) is 5.95 Å². The summed E-state index contributed by atoms with van der Waals surface area (Å²) in [5.74, 6) is 1.52. The van der Waals surface area contributed by atoms with Gasteiger partial charge < -0.3 is 15.7 Å².